The van der Waals surface area contributed by atoms with E-state index in [1.165, 1.54) is 0 Å². The Hall–Kier alpha value is -3.19. The van der Waals surface area contributed by atoms with Gasteiger partial charge in [-0.3, -0.25) is 9.69 Å². The number of hydrogen-bond acceptors (Lipinski definition) is 5. The topological polar surface area (TPSA) is 88.3 Å². The van der Waals surface area contributed by atoms with E-state index in [-0.39, 0.29) is 18.3 Å². The van der Waals surface area contributed by atoms with Gasteiger partial charge in [0.15, 0.2) is 5.82 Å². The summed E-state index contributed by atoms with van der Waals surface area (Å²) in [7, 11) is 0. The standard InChI is InChI=1S/C21H19ClN4O3/c1-3-21(15-8-10-16(22)11-9-15)19(27)26(20(28)24-21)12-17-23-18(29-25-17)14-6-4-13(2)5-7-14/h4-11H,3,12H2,1-2H3,(H,24,28)/t21-/m1/s1. The molecule has 0 bridgehead atoms. The van der Waals surface area contributed by atoms with Gasteiger partial charge in [-0.25, -0.2) is 4.79 Å². The lowest BCUT2D eigenvalue weighted by Gasteiger charge is -2.25. The fraction of sp³-hybridized carbons (Fsp3) is 0.238. The maximum absolute atomic E-state index is 13.2. The molecule has 0 saturated carbocycles. The van der Waals surface area contributed by atoms with E-state index < -0.39 is 11.6 Å². The summed E-state index contributed by atoms with van der Waals surface area (Å²) in [5, 5.41) is 7.31. The third kappa shape index (κ3) is 3.38. The predicted octanol–water partition coefficient (Wildman–Crippen LogP) is 4.06. The molecule has 0 aliphatic carbocycles. The van der Waals surface area contributed by atoms with Crippen LogP contribution in [-0.2, 0) is 16.9 Å². The molecule has 2 heterocycles. The molecule has 4 rings (SSSR count). The molecule has 1 fully saturated rings. The fourth-order valence-electron chi connectivity index (χ4n) is 3.42. The van der Waals surface area contributed by atoms with Crippen LogP contribution in [0.25, 0.3) is 11.5 Å². The van der Waals surface area contributed by atoms with Gasteiger partial charge < -0.3 is 9.84 Å². The first-order chi connectivity index (χ1) is 13.9. The zero-order valence-corrected chi connectivity index (χ0v) is 16.7. The van der Waals surface area contributed by atoms with E-state index in [0.29, 0.717) is 22.9 Å². The Balaban J connectivity index is 1.58. The lowest BCUT2D eigenvalue weighted by Crippen LogP contribution is -2.43. The molecular formula is C21H19ClN4O3. The molecule has 1 aliphatic rings. The average Bonchev–Trinajstić information content (AvgIpc) is 3.28. The molecule has 1 aliphatic heterocycles. The molecule has 3 aromatic rings. The molecule has 2 aromatic carbocycles. The minimum absolute atomic E-state index is 0.0740. The summed E-state index contributed by atoms with van der Waals surface area (Å²) < 4.78 is 5.30. The van der Waals surface area contributed by atoms with Crippen LogP contribution >= 0.6 is 11.6 Å². The SMILES string of the molecule is CC[C@]1(c2ccc(Cl)cc2)NC(=O)N(Cc2noc(-c3ccc(C)cc3)n2)C1=O. The number of imide groups is 1. The van der Waals surface area contributed by atoms with Gasteiger partial charge in [-0.2, -0.15) is 4.98 Å². The second kappa shape index (κ2) is 7.33. The molecule has 1 aromatic heterocycles. The van der Waals surface area contributed by atoms with Crippen molar-refractivity contribution in [1.82, 2.24) is 20.4 Å². The normalized spacial score (nSPS) is 18.9. The van der Waals surface area contributed by atoms with Gasteiger partial charge in [0.1, 0.15) is 5.54 Å². The summed E-state index contributed by atoms with van der Waals surface area (Å²) in [6.07, 6.45) is 0.399. The van der Waals surface area contributed by atoms with Gasteiger partial charge in [-0.1, -0.05) is 53.5 Å². The number of amides is 3. The minimum atomic E-state index is -1.13. The van der Waals surface area contributed by atoms with E-state index in [9.17, 15) is 9.59 Å². The average molecular weight is 411 g/mol. The lowest BCUT2D eigenvalue weighted by molar-refractivity contribution is -0.132. The summed E-state index contributed by atoms with van der Waals surface area (Å²) in [6, 6.07) is 14.0. The van der Waals surface area contributed by atoms with Crippen molar-refractivity contribution in [3.05, 3.63) is 70.5 Å². The highest BCUT2D eigenvalue weighted by Crippen LogP contribution is 2.33. The van der Waals surface area contributed by atoms with Crippen LogP contribution in [-0.4, -0.2) is 27.0 Å². The van der Waals surface area contributed by atoms with Crippen LogP contribution in [0.15, 0.2) is 53.1 Å². The number of aryl methyl sites for hydroxylation is 1. The van der Waals surface area contributed by atoms with Gasteiger partial charge >= 0.3 is 6.03 Å². The van der Waals surface area contributed by atoms with Gasteiger partial charge in [-0.05, 0) is 43.2 Å². The Morgan fingerprint density at radius 1 is 1.10 bits per heavy atom. The summed E-state index contributed by atoms with van der Waals surface area (Å²) in [5.74, 6) is 0.243. The predicted molar refractivity (Wildman–Crippen MR) is 107 cm³/mol. The second-order valence-electron chi connectivity index (χ2n) is 6.97. The largest absolute Gasteiger partial charge is 0.334 e. The van der Waals surface area contributed by atoms with Crippen LogP contribution in [0.5, 0.6) is 0 Å². The smallest absolute Gasteiger partial charge is 0.325 e. The van der Waals surface area contributed by atoms with Crippen LogP contribution in [0, 0.1) is 6.92 Å². The van der Waals surface area contributed by atoms with E-state index in [0.717, 1.165) is 16.0 Å². The van der Waals surface area contributed by atoms with Crippen molar-refractivity contribution >= 4 is 23.5 Å². The molecule has 7 nitrogen and oxygen atoms in total. The zero-order chi connectivity index (χ0) is 20.6. The van der Waals surface area contributed by atoms with Gasteiger partial charge in [0.05, 0.1) is 6.54 Å². The molecule has 0 radical (unpaired) electrons. The van der Waals surface area contributed by atoms with Crippen molar-refractivity contribution in [2.45, 2.75) is 32.4 Å². The highest BCUT2D eigenvalue weighted by Gasteiger charge is 2.51. The Morgan fingerprint density at radius 3 is 2.45 bits per heavy atom. The molecule has 1 saturated heterocycles. The number of rotatable bonds is 5. The quantitative estimate of drug-likeness (QED) is 0.641. The monoisotopic (exact) mass is 410 g/mol. The first-order valence-corrected chi connectivity index (χ1v) is 9.60. The highest BCUT2D eigenvalue weighted by atomic mass is 35.5. The third-order valence-electron chi connectivity index (χ3n) is 5.11. The molecule has 1 atom stereocenters. The molecule has 0 unspecified atom stereocenters. The Kier molecular flexibility index (Phi) is 4.84. The number of aromatic nitrogens is 2. The lowest BCUT2D eigenvalue weighted by atomic mass is 9.87. The number of carbonyl (C=O) groups excluding carboxylic acids is 2. The summed E-state index contributed by atoms with van der Waals surface area (Å²) in [5.41, 5.74) is 1.44. The number of urea groups is 1. The second-order valence-corrected chi connectivity index (χ2v) is 7.41. The number of nitrogens with one attached hydrogen (secondary N) is 1. The molecule has 8 heteroatoms. The Bertz CT molecular complexity index is 1060. The minimum Gasteiger partial charge on any atom is -0.334 e. The van der Waals surface area contributed by atoms with E-state index in [4.69, 9.17) is 16.1 Å². The highest BCUT2D eigenvalue weighted by molar-refractivity contribution is 6.30. The third-order valence-corrected chi connectivity index (χ3v) is 5.36. The number of halogens is 1. The number of hydrogen-bond donors (Lipinski definition) is 1. The molecule has 1 N–H and O–H groups in total. The van der Waals surface area contributed by atoms with Crippen LogP contribution in [0.3, 0.4) is 0 Å². The van der Waals surface area contributed by atoms with Crippen molar-refractivity contribution in [2.24, 2.45) is 0 Å². The number of nitrogens with zero attached hydrogens (tertiary/aromatic N) is 3. The van der Waals surface area contributed by atoms with E-state index in [1.54, 1.807) is 24.3 Å². The van der Waals surface area contributed by atoms with Crippen LogP contribution in [0.2, 0.25) is 5.02 Å². The van der Waals surface area contributed by atoms with E-state index >= 15 is 0 Å². The number of benzene rings is 2. The summed E-state index contributed by atoms with van der Waals surface area (Å²) in [6.45, 7) is 3.76. The number of carbonyl (C=O) groups is 2. The maximum Gasteiger partial charge on any atom is 0.325 e. The van der Waals surface area contributed by atoms with Crippen molar-refractivity contribution < 1.29 is 14.1 Å². The fourth-order valence-corrected chi connectivity index (χ4v) is 3.54. The maximum atomic E-state index is 13.2. The van der Waals surface area contributed by atoms with Crippen molar-refractivity contribution in [3.63, 3.8) is 0 Å². The molecule has 29 heavy (non-hydrogen) atoms. The van der Waals surface area contributed by atoms with Gasteiger partial charge in [0.2, 0.25) is 0 Å². The molecule has 0 spiro atoms. The van der Waals surface area contributed by atoms with E-state index in [1.807, 2.05) is 38.1 Å². The molecule has 148 valence electrons. The van der Waals surface area contributed by atoms with Gasteiger partial charge in [-0.15, -0.1) is 0 Å². The van der Waals surface area contributed by atoms with Crippen molar-refractivity contribution in [3.8, 4) is 11.5 Å². The van der Waals surface area contributed by atoms with Crippen molar-refractivity contribution in [2.75, 3.05) is 0 Å². The Morgan fingerprint density at radius 2 is 1.79 bits per heavy atom. The summed E-state index contributed by atoms with van der Waals surface area (Å²) >= 11 is 5.96. The Labute approximate surface area is 172 Å². The first-order valence-electron chi connectivity index (χ1n) is 9.23. The summed E-state index contributed by atoms with van der Waals surface area (Å²) in [4.78, 5) is 31.2. The zero-order valence-electron chi connectivity index (χ0n) is 16.0. The molecule has 3 amide bonds. The van der Waals surface area contributed by atoms with Crippen LogP contribution < -0.4 is 5.32 Å². The molecular weight excluding hydrogens is 392 g/mol. The van der Waals surface area contributed by atoms with Gasteiger partial charge in [0, 0.05) is 10.6 Å². The van der Waals surface area contributed by atoms with Crippen LogP contribution in [0.4, 0.5) is 4.79 Å². The van der Waals surface area contributed by atoms with E-state index in [2.05, 4.69) is 15.5 Å². The first kappa shape index (κ1) is 19.1. The van der Waals surface area contributed by atoms with Gasteiger partial charge in [0.25, 0.3) is 11.8 Å². The van der Waals surface area contributed by atoms with Crippen molar-refractivity contribution in [1.29, 1.82) is 0 Å². The van der Waals surface area contributed by atoms with Crippen LogP contribution in [0.1, 0.15) is 30.3 Å².